The molecule has 0 bridgehead atoms. The summed E-state index contributed by atoms with van der Waals surface area (Å²) >= 11 is 5.74. The lowest BCUT2D eigenvalue weighted by Gasteiger charge is -2.22. The zero-order chi connectivity index (χ0) is 19.2. The van der Waals surface area contributed by atoms with Crippen LogP contribution in [0.25, 0.3) is 0 Å². The Kier molecular flexibility index (Phi) is 6.04. The summed E-state index contributed by atoms with van der Waals surface area (Å²) < 4.78 is 13.2. The van der Waals surface area contributed by atoms with Gasteiger partial charge in [0.15, 0.2) is 0 Å². The smallest absolute Gasteiger partial charge is 0.257 e. The van der Waals surface area contributed by atoms with Crippen molar-refractivity contribution >= 4 is 29.0 Å². The zero-order valence-corrected chi connectivity index (χ0v) is 15.6. The molecule has 0 saturated carbocycles. The van der Waals surface area contributed by atoms with Crippen molar-refractivity contribution in [1.82, 2.24) is 4.98 Å². The summed E-state index contributed by atoms with van der Waals surface area (Å²) in [6, 6.07) is 17.7. The number of pyridine rings is 1. The summed E-state index contributed by atoms with van der Waals surface area (Å²) in [6.45, 7) is 3.59. The van der Waals surface area contributed by atoms with Crippen LogP contribution in [0.15, 0.2) is 66.9 Å². The SMILES string of the molecule is CCN(Cc1ccccc1)c1ccc(C(=O)Nc2ccc(F)c(Cl)c2)cn1. The molecule has 1 heterocycles. The van der Waals surface area contributed by atoms with Crippen molar-refractivity contribution in [2.75, 3.05) is 16.8 Å². The van der Waals surface area contributed by atoms with E-state index in [1.54, 1.807) is 6.07 Å². The van der Waals surface area contributed by atoms with Crippen molar-refractivity contribution < 1.29 is 9.18 Å². The lowest BCUT2D eigenvalue weighted by atomic mass is 10.2. The molecule has 1 N–H and O–H groups in total. The van der Waals surface area contributed by atoms with Gasteiger partial charge < -0.3 is 10.2 Å². The molecule has 0 aliphatic heterocycles. The van der Waals surface area contributed by atoms with Gasteiger partial charge in [0.05, 0.1) is 10.6 Å². The van der Waals surface area contributed by atoms with Crippen LogP contribution < -0.4 is 10.2 Å². The van der Waals surface area contributed by atoms with E-state index < -0.39 is 5.82 Å². The largest absolute Gasteiger partial charge is 0.353 e. The van der Waals surface area contributed by atoms with Gasteiger partial charge in [0, 0.05) is 25.0 Å². The minimum absolute atomic E-state index is 0.0410. The number of benzene rings is 2. The fourth-order valence-electron chi connectivity index (χ4n) is 2.64. The number of carbonyl (C=O) groups excluding carboxylic acids is 1. The first kappa shape index (κ1) is 18.9. The molecule has 0 saturated heterocycles. The highest BCUT2D eigenvalue weighted by Crippen LogP contribution is 2.20. The third-order valence-electron chi connectivity index (χ3n) is 4.11. The normalized spacial score (nSPS) is 10.5. The van der Waals surface area contributed by atoms with Crippen LogP contribution in [0.4, 0.5) is 15.9 Å². The molecule has 2 aromatic carbocycles. The molecule has 138 valence electrons. The Morgan fingerprint density at radius 1 is 1.15 bits per heavy atom. The van der Waals surface area contributed by atoms with E-state index in [9.17, 15) is 9.18 Å². The van der Waals surface area contributed by atoms with E-state index in [0.29, 0.717) is 11.3 Å². The van der Waals surface area contributed by atoms with Crippen LogP contribution in [0, 0.1) is 5.82 Å². The van der Waals surface area contributed by atoms with Gasteiger partial charge in [0.2, 0.25) is 0 Å². The van der Waals surface area contributed by atoms with E-state index in [2.05, 4.69) is 34.3 Å². The summed E-state index contributed by atoms with van der Waals surface area (Å²) in [5, 5.41) is 2.64. The third-order valence-corrected chi connectivity index (χ3v) is 4.40. The Hall–Kier alpha value is -2.92. The molecule has 0 aliphatic carbocycles. The molecule has 27 heavy (non-hydrogen) atoms. The number of anilines is 2. The number of carbonyl (C=O) groups is 1. The molecule has 0 radical (unpaired) electrons. The average Bonchev–Trinajstić information content (AvgIpc) is 2.70. The molecule has 0 fully saturated rings. The summed E-state index contributed by atoms with van der Waals surface area (Å²) in [5.41, 5.74) is 2.03. The number of rotatable bonds is 6. The van der Waals surface area contributed by atoms with Gasteiger partial charge in [-0.25, -0.2) is 9.37 Å². The van der Waals surface area contributed by atoms with Crippen LogP contribution in [-0.4, -0.2) is 17.4 Å². The fraction of sp³-hybridized carbons (Fsp3) is 0.143. The molecule has 1 amide bonds. The van der Waals surface area contributed by atoms with Crippen molar-refractivity contribution in [1.29, 1.82) is 0 Å². The van der Waals surface area contributed by atoms with Gasteiger partial charge in [-0.2, -0.15) is 0 Å². The molecule has 0 atom stereocenters. The van der Waals surface area contributed by atoms with E-state index in [-0.39, 0.29) is 10.9 Å². The third kappa shape index (κ3) is 4.83. The lowest BCUT2D eigenvalue weighted by Crippen LogP contribution is -2.23. The second kappa shape index (κ2) is 8.64. The minimum atomic E-state index is -0.529. The molecule has 3 rings (SSSR count). The summed E-state index contributed by atoms with van der Waals surface area (Å²) in [7, 11) is 0. The summed E-state index contributed by atoms with van der Waals surface area (Å²) in [4.78, 5) is 18.9. The van der Waals surface area contributed by atoms with Crippen LogP contribution in [0.1, 0.15) is 22.8 Å². The number of nitrogens with one attached hydrogen (secondary N) is 1. The molecule has 4 nitrogen and oxygen atoms in total. The first-order chi connectivity index (χ1) is 13.1. The van der Waals surface area contributed by atoms with Gasteiger partial charge in [-0.1, -0.05) is 41.9 Å². The van der Waals surface area contributed by atoms with Crippen LogP contribution in [-0.2, 0) is 6.54 Å². The minimum Gasteiger partial charge on any atom is -0.353 e. The van der Waals surface area contributed by atoms with Crippen molar-refractivity contribution in [2.45, 2.75) is 13.5 Å². The summed E-state index contributed by atoms with van der Waals surface area (Å²) in [6.07, 6.45) is 1.53. The monoisotopic (exact) mass is 383 g/mol. The molecular weight excluding hydrogens is 365 g/mol. The second-order valence-electron chi connectivity index (χ2n) is 5.99. The van der Waals surface area contributed by atoms with Gasteiger partial charge >= 0.3 is 0 Å². The molecule has 6 heteroatoms. The molecule has 0 unspecified atom stereocenters. The zero-order valence-electron chi connectivity index (χ0n) is 14.8. The van der Waals surface area contributed by atoms with E-state index in [1.807, 2.05) is 24.3 Å². The standard InChI is InChI=1S/C21H19ClFN3O/c1-2-26(14-15-6-4-3-5-7-15)20-11-8-16(13-24-20)21(27)25-17-9-10-19(23)18(22)12-17/h3-13H,2,14H2,1H3,(H,25,27). The Morgan fingerprint density at radius 2 is 1.93 bits per heavy atom. The maximum absolute atomic E-state index is 13.2. The number of nitrogens with zero attached hydrogens (tertiary/aromatic N) is 2. The van der Waals surface area contributed by atoms with E-state index in [0.717, 1.165) is 18.9 Å². The number of amides is 1. The van der Waals surface area contributed by atoms with E-state index >= 15 is 0 Å². The Morgan fingerprint density at radius 3 is 2.56 bits per heavy atom. The Labute approximate surface area is 162 Å². The predicted molar refractivity (Wildman–Crippen MR) is 107 cm³/mol. The molecule has 1 aromatic heterocycles. The van der Waals surface area contributed by atoms with Crippen molar-refractivity contribution in [3.63, 3.8) is 0 Å². The maximum atomic E-state index is 13.2. The van der Waals surface area contributed by atoms with Crippen molar-refractivity contribution in [2.24, 2.45) is 0 Å². The quantitative estimate of drug-likeness (QED) is 0.640. The molecule has 3 aromatic rings. The molecular formula is C21H19ClFN3O. The topological polar surface area (TPSA) is 45.2 Å². The number of hydrogen-bond acceptors (Lipinski definition) is 3. The number of aromatic nitrogens is 1. The van der Waals surface area contributed by atoms with Crippen LogP contribution in [0.5, 0.6) is 0 Å². The Bertz CT molecular complexity index is 916. The van der Waals surface area contributed by atoms with Gasteiger partial charge in [-0.05, 0) is 42.8 Å². The number of hydrogen-bond donors (Lipinski definition) is 1. The van der Waals surface area contributed by atoms with Gasteiger partial charge in [-0.15, -0.1) is 0 Å². The Balaban J connectivity index is 1.69. The van der Waals surface area contributed by atoms with E-state index in [4.69, 9.17) is 11.6 Å². The van der Waals surface area contributed by atoms with Gasteiger partial charge in [0.25, 0.3) is 5.91 Å². The van der Waals surface area contributed by atoms with Crippen LogP contribution in [0.2, 0.25) is 5.02 Å². The fourth-order valence-corrected chi connectivity index (χ4v) is 2.82. The van der Waals surface area contributed by atoms with Crippen LogP contribution >= 0.6 is 11.6 Å². The maximum Gasteiger partial charge on any atom is 0.257 e. The van der Waals surface area contributed by atoms with Crippen LogP contribution in [0.3, 0.4) is 0 Å². The highest BCUT2D eigenvalue weighted by Gasteiger charge is 2.11. The van der Waals surface area contributed by atoms with Gasteiger partial charge in [-0.3, -0.25) is 4.79 Å². The predicted octanol–water partition coefficient (Wildman–Crippen LogP) is 5.15. The average molecular weight is 384 g/mol. The number of halogens is 2. The first-order valence-electron chi connectivity index (χ1n) is 8.58. The van der Waals surface area contributed by atoms with E-state index in [1.165, 1.54) is 30.0 Å². The van der Waals surface area contributed by atoms with Crippen molar-refractivity contribution in [3.8, 4) is 0 Å². The highest BCUT2D eigenvalue weighted by atomic mass is 35.5. The van der Waals surface area contributed by atoms with Crippen molar-refractivity contribution in [3.05, 3.63) is 88.8 Å². The first-order valence-corrected chi connectivity index (χ1v) is 8.96. The molecule has 0 spiro atoms. The summed E-state index contributed by atoms with van der Waals surface area (Å²) in [5.74, 6) is -0.0654. The highest BCUT2D eigenvalue weighted by molar-refractivity contribution is 6.31. The lowest BCUT2D eigenvalue weighted by molar-refractivity contribution is 0.102. The second-order valence-corrected chi connectivity index (χ2v) is 6.40. The molecule has 0 aliphatic rings. The van der Waals surface area contributed by atoms with Gasteiger partial charge in [0.1, 0.15) is 11.6 Å².